The molecule has 0 fully saturated rings. The summed E-state index contributed by atoms with van der Waals surface area (Å²) in [5, 5.41) is 0. The summed E-state index contributed by atoms with van der Waals surface area (Å²) in [5.41, 5.74) is 6.54. The van der Waals surface area contributed by atoms with Crippen molar-refractivity contribution < 1.29 is 19.0 Å². The van der Waals surface area contributed by atoms with Crippen molar-refractivity contribution in [2.45, 2.75) is 45.4 Å². The summed E-state index contributed by atoms with van der Waals surface area (Å²) in [5.74, 6) is 1.46. The average Bonchev–Trinajstić information content (AvgIpc) is 3.00. The second-order valence-electron chi connectivity index (χ2n) is 7.85. The van der Waals surface area contributed by atoms with Crippen LogP contribution in [0.3, 0.4) is 0 Å². The minimum atomic E-state index is -0.361. The monoisotopic (exact) mass is 420 g/mol. The Morgan fingerprint density at radius 3 is 2.61 bits per heavy atom. The van der Waals surface area contributed by atoms with E-state index in [9.17, 15) is 4.79 Å². The van der Waals surface area contributed by atoms with Gasteiger partial charge in [0.1, 0.15) is 11.5 Å². The van der Waals surface area contributed by atoms with Crippen LogP contribution < -0.4 is 9.47 Å². The first-order chi connectivity index (χ1) is 15.1. The Hall–Kier alpha value is -3.01. The fourth-order valence-electron chi connectivity index (χ4n) is 3.90. The van der Waals surface area contributed by atoms with E-state index < -0.39 is 0 Å². The number of carbonyl (C=O) groups is 1. The number of methoxy groups -OCH3 is 1. The van der Waals surface area contributed by atoms with Gasteiger partial charge in [0.15, 0.2) is 0 Å². The summed E-state index contributed by atoms with van der Waals surface area (Å²) in [6, 6.07) is 12.7. The van der Waals surface area contributed by atoms with Crippen LogP contribution in [-0.2, 0) is 16.0 Å². The molecular formula is C27H32O4. The summed E-state index contributed by atoms with van der Waals surface area (Å²) >= 11 is 0. The number of carbonyl (C=O) groups excluding carboxylic acids is 1. The van der Waals surface area contributed by atoms with Gasteiger partial charge in [0.2, 0.25) is 0 Å². The molecule has 3 rings (SSSR count). The minimum absolute atomic E-state index is 0.361. The number of unbranched alkanes of at least 4 members (excludes halogenated alkanes) is 2. The van der Waals surface area contributed by atoms with Gasteiger partial charge in [-0.2, -0.15) is 0 Å². The Bertz CT molecular complexity index is 942. The van der Waals surface area contributed by atoms with Gasteiger partial charge in [0.25, 0.3) is 0 Å². The van der Waals surface area contributed by atoms with Crippen molar-refractivity contribution >= 4 is 17.6 Å². The van der Waals surface area contributed by atoms with Gasteiger partial charge in [-0.25, -0.2) is 4.79 Å². The molecule has 4 nitrogen and oxygen atoms in total. The zero-order valence-corrected chi connectivity index (χ0v) is 18.6. The van der Waals surface area contributed by atoms with Crippen LogP contribution in [0.15, 0.2) is 49.1 Å². The van der Waals surface area contributed by atoms with E-state index in [1.54, 1.807) is 7.11 Å². The van der Waals surface area contributed by atoms with Crippen LogP contribution in [0.1, 0.15) is 54.4 Å². The van der Waals surface area contributed by atoms with Gasteiger partial charge < -0.3 is 14.2 Å². The predicted molar refractivity (Wildman–Crippen MR) is 125 cm³/mol. The molecule has 0 aromatic heterocycles. The van der Waals surface area contributed by atoms with Crippen LogP contribution in [0.2, 0.25) is 0 Å². The second-order valence-corrected chi connectivity index (χ2v) is 7.85. The molecule has 0 radical (unpaired) electrons. The van der Waals surface area contributed by atoms with Crippen LogP contribution in [0.4, 0.5) is 0 Å². The normalized spacial score (nSPS) is 12.9. The SMILES string of the molecule is C=CC(=O)OCCCCCOc1ccc2c(c1)CCCC(c1ccc(OC)cc1C)=C2. The molecule has 0 atom stereocenters. The van der Waals surface area contributed by atoms with E-state index in [0.29, 0.717) is 13.2 Å². The summed E-state index contributed by atoms with van der Waals surface area (Å²) in [7, 11) is 1.70. The number of esters is 1. The first-order valence-electron chi connectivity index (χ1n) is 11.0. The largest absolute Gasteiger partial charge is 0.497 e. The lowest BCUT2D eigenvalue weighted by Gasteiger charge is -2.11. The molecule has 4 heteroatoms. The molecule has 0 heterocycles. The molecule has 0 N–H and O–H groups in total. The van der Waals surface area contributed by atoms with Crippen molar-refractivity contribution in [1.82, 2.24) is 0 Å². The maximum atomic E-state index is 11.0. The van der Waals surface area contributed by atoms with Gasteiger partial charge in [-0.05, 0) is 97.5 Å². The van der Waals surface area contributed by atoms with Crippen LogP contribution in [0.5, 0.6) is 11.5 Å². The summed E-state index contributed by atoms with van der Waals surface area (Å²) in [4.78, 5) is 11.0. The second kappa shape index (κ2) is 11.4. The molecule has 164 valence electrons. The molecule has 1 aliphatic carbocycles. The van der Waals surface area contributed by atoms with E-state index in [1.807, 2.05) is 6.07 Å². The van der Waals surface area contributed by atoms with Gasteiger partial charge in [-0.15, -0.1) is 0 Å². The van der Waals surface area contributed by atoms with Crippen molar-refractivity contribution in [3.8, 4) is 11.5 Å². The predicted octanol–water partition coefficient (Wildman–Crippen LogP) is 6.16. The number of hydrogen-bond donors (Lipinski definition) is 0. The van der Waals surface area contributed by atoms with E-state index in [4.69, 9.17) is 14.2 Å². The van der Waals surface area contributed by atoms with Crippen molar-refractivity contribution in [3.63, 3.8) is 0 Å². The number of aryl methyl sites for hydroxylation is 2. The molecular weight excluding hydrogens is 388 g/mol. The fourth-order valence-corrected chi connectivity index (χ4v) is 3.90. The summed E-state index contributed by atoms with van der Waals surface area (Å²) < 4.78 is 16.3. The number of ether oxygens (including phenoxy) is 3. The highest BCUT2D eigenvalue weighted by molar-refractivity contribution is 5.84. The maximum Gasteiger partial charge on any atom is 0.330 e. The quantitative estimate of drug-likeness (QED) is 0.262. The first-order valence-corrected chi connectivity index (χ1v) is 11.0. The van der Waals surface area contributed by atoms with E-state index >= 15 is 0 Å². The molecule has 0 amide bonds. The lowest BCUT2D eigenvalue weighted by Crippen LogP contribution is -2.03. The Labute approximate surface area is 185 Å². The zero-order valence-electron chi connectivity index (χ0n) is 18.6. The van der Waals surface area contributed by atoms with Gasteiger partial charge in [0.05, 0.1) is 20.3 Å². The standard InChI is InChI=1S/C27H32O4/c1-4-27(28)31-16-7-5-6-15-30-25-12-11-22-18-23(10-8-9-21(22)19-25)26-14-13-24(29-3)17-20(26)2/h4,11-14,17-19H,1,5-10,15-16H2,2-3H3. The molecule has 31 heavy (non-hydrogen) atoms. The molecule has 1 aliphatic rings. The van der Waals surface area contributed by atoms with Crippen molar-refractivity contribution in [2.75, 3.05) is 20.3 Å². The van der Waals surface area contributed by atoms with E-state index in [-0.39, 0.29) is 5.97 Å². The van der Waals surface area contributed by atoms with Crippen LogP contribution in [-0.4, -0.2) is 26.3 Å². The van der Waals surface area contributed by atoms with Crippen molar-refractivity contribution in [2.24, 2.45) is 0 Å². The number of allylic oxidation sites excluding steroid dienone is 1. The fraction of sp³-hybridized carbons (Fsp3) is 0.370. The molecule has 0 unspecified atom stereocenters. The molecule has 0 saturated carbocycles. The number of hydrogen-bond acceptors (Lipinski definition) is 4. The lowest BCUT2D eigenvalue weighted by molar-refractivity contribution is -0.137. The lowest BCUT2D eigenvalue weighted by atomic mass is 9.96. The number of benzene rings is 2. The Morgan fingerprint density at radius 1 is 1.03 bits per heavy atom. The molecule has 0 aliphatic heterocycles. The highest BCUT2D eigenvalue weighted by atomic mass is 16.5. The summed E-state index contributed by atoms with van der Waals surface area (Å²) in [6.45, 7) is 6.63. The highest BCUT2D eigenvalue weighted by Gasteiger charge is 2.13. The molecule has 0 saturated heterocycles. The van der Waals surface area contributed by atoms with Crippen LogP contribution in [0, 0.1) is 6.92 Å². The smallest absolute Gasteiger partial charge is 0.330 e. The first kappa shape index (κ1) is 22.7. The molecule has 0 bridgehead atoms. The van der Waals surface area contributed by atoms with Crippen LogP contribution >= 0.6 is 0 Å². The Morgan fingerprint density at radius 2 is 1.84 bits per heavy atom. The Balaban J connectivity index is 1.57. The molecule has 2 aromatic carbocycles. The number of fused-ring (bicyclic) bond motifs is 1. The Kier molecular flexibility index (Phi) is 8.34. The van der Waals surface area contributed by atoms with Crippen molar-refractivity contribution in [3.05, 3.63) is 71.3 Å². The van der Waals surface area contributed by atoms with Gasteiger partial charge in [-0.1, -0.05) is 24.8 Å². The van der Waals surface area contributed by atoms with Crippen molar-refractivity contribution in [1.29, 1.82) is 0 Å². The summed E-state index contributed by atoms with van der Waals surface area (Å²) in [6.07, 6.45) is 9.49. The molecule has 2 aromatic rings. The number of rotatable bonds is 10. The third kappa shape index (κ3) is 6.48. The third-order valence-corrected chi connectivity index (χ3v) is 5.58. The van der Waals surface area contributed by atoms with Gasteiger partial charge in [-0.3, -0.25) is 0 Å². The van der Waals surface area contributed by atoms with E-state index in [2.05, 4.69) is 49.9 Å². The maximum absolute atomic E-state index is 11.0. The molecule has 0 spiro atoms. The van der Waals surface area contributed by atoms with Crippen LogP contribution in [0.25, 0.3) is 11.6 Å². The topological polar surface area (TPSA) is 44.8 Å². The zero-order chi connectivity index (χ0) is 22.1. The van der Waals surface area contributed by atoms with Gasteiger partial charge in [0, 0.05) is 6.08 Å². The highest BCUT2D eigenvalue weighted by Crippen LogP contribution is 2.33. The van der Waals surface area contributed by atoms with E-state index in [1.165, 1.54) is 33.9 Å². The minimum Gasteiger partial charge on any atom is -0.497 e. The average molecular weight is 421 g/mol. The van der Waals surface area contributed by atoms with Gasteiger partial charge >= 0.3 is 5.97 Å². The van der Waals surface area contributed by atoms with E-state index in [0.717, 1.165) is 50.0 Å². The third-order valence-electron chi connectivity index (χ3n) is 5.58.